The first-order valence-electron chi connectivity index (χ1n) is 8.35. The molecule has 2 aliphatic heterocycles. The van der Waals surface area contributed by atoms with E-state index in [9.17, 15) is 4.79 Å². The van der Waals surface area contributed by atoms with Crippen molar-refractivity contribution >= 4 is 5.91 Å². The van der Waals surface area contributed by atoms with Crippen molar-refractivity contribution in [2.45, 2.75) is 57.2 Å². The van der Waals surface area contributed by atoms with Gasteiger partial charge in [0.1, 0.15) is 5.75 Å². The Morgan fingerprint density at radius 2 is 2.27 bits per heavy atom. The molecule has 2 saturated heterocycles. The van der Waals surface area contributed by atoms with Crippen LogP contribution in [-0.2, 0) is 11.3 Å². The molecule has 4 heteroatoms. The average Bonchev–Trinajstić information content (AvgIpc) is 2.89. The summed E-state index contributed by atoms with van der Waals surface area (Å²) in [4.78, 5) is 14.3. The first-order valence-corrected chi connectivity index (χ1v) is 8.35. The molecule has 0 saturated carbocycles. The van der Waals surface area contributed by atoms with Crippen LogP contribution in [0.4, 0.5) is 0 Å². The highest BCUT2D eigenvalue weighted by atomic mass is 16.5. The number of hydrogen-bond donors (Lipinski definition) is 1. The van der Waals surface area contributed by atoms with Crippen LogP contribution in [0.1, 0.15) is 44.6 Å². The van der Waals surface area contributed by atoms with Crippen LogP contribution in [0, 0.1) is 0 Å². The summed E-state index contributed by atoms with van der Waals surface area (Å²) in [6.07, 6.45) is 5.01. The molecule has 0 bridgehead atoms. The lowest BCUT2D eigenvalue weighted by Gasteiger charge is -2.48. The van der Waals surface area contributed by atoms with Crippen molar-refractivity contribution < 1.29 is 9.53 Å². The standard InChI is InChI=1S/C18H26N2O2/c1-3-16-18(10-8-17(21)19-18)9-5-11-20(16)13-14-6-4-7-15(12-14)22-2/h4,6-7,12,16H,3,5,8-11,13H2,1-2H3,(H,19,21)/t16-,18+/m1/s1. The van der Waals surface area contributed by atoms with E-state index in [2.05, 4.69) is 29.3 Å². The molecule has 0 aliphatic carbocycles. The maximum absolute atomic E-state index is 11.8. The van der Waals surface area contributed by atoms with Crippen LogP contribution in [0.15, 0.2) is 24.3 Å². The van der Waals surface area contributed by atoms with E-state index in [4.69, 9.17) is 4.74 Å². The van der Waals surface area contributed by atoms with E-state index < -0.39 is 0 Å². The molecule has 2 atom stereocenters. The van der Waals surface area contributed by atoms with Gasteiger partial charge in [0.05, 0.1) is 12.6 Å². The lowest BCUT2D eigenvalue weighted by Crippen LogP contribution is -2.61. The smallest absolute Gasteiger partial charge is 0.220 e. The van der Waals surface area contributed by atoms with Gasteiger partial charge < -0.3 is 10.1 Å². The maximum atomic E-state index is 11.8. The number of hydrogen-bond acceptors (Lipinski definition) is 3. The fourth-order valence-corrected chi connectivity index (χ4v) is 4.29. The molecule has 1 aromatic rings. The van der Waals surface area contributed by atoms with E-state index in [0.717, 1.165) is 44.5 Å². The zero-order chi connectivity index (χ0) is 15.6. The molecular formula is C18H26N2O2. The highest BCUT2D eigenvalue weighted by molar-refractivity contribution is 5.79. The van der Waals surface area contributed by atoms with Gasteiger partial charge in [0, 0.05) is 19.0 Å². The highest BCUT2D eigenvalue weighted by Gasteiger charge is 2.47. The van der Waals surface area contributed by atoms with E-state index in [1.807, 2.05) is 12.1 Å². The number of piperidine rings is 1. The predicted octanol–water partition coefficient (Wildman–Crippen LogP) is 2.72. The van der Waals surface area contributed by atoms with Crippen LogP contribution in [0.3, 0.4) is 0 Å². The molecule has 1 spiro atoms. The van der Waals surface area contributed by atoms with Gasteiger partial charge >= 0.3 is 0 Å². The number of ether oxygens (including phenoxy) is 1. The third-order valence-corrected chi connectivity index (χ3v) is 5.24. The number of carbonyl (C=O) groups is 1. The summed E-state index contributed by atoms with van der Waals surface area (Å²) in [5, 5.41) is 3.30. The number of methoxy groups -OCH3 is 1. The van der Waals surface area contributed by atoms with Crippen molar-refractivity contribution in [3.63, 3.8) is 0 Å². The summed E-state index contributed by atoms with van der Waals surface area (Å²) in [5.74, 6) is 1.13. The molecule has 2 fully saturated rings. The number of rotatable bonds is 4. The predicted molar refractivity (Wildman–Crippen MR) is 86.8 cm³/mol. The minimum atomic E-state index is 0.00293. The van der Waals surface area contributed by atoms with E-state index in [0.29, 0.717) is 12.5 Å². The van der Waals surface area contributed by atoms with Crippen molar-refractivity contribution in [3.8, 4) is 5.75 Å². The minimum Gasteiger partial charge on any atom is -0.497 e. The average molecular weight is 302 g/mol. The van der Waals surface area contributed by atoms with Crippen LogP contribution < -0.4 is 10.1 Å². The zero-order valence-electron chi connectivity index (χ0n) is 13.6. The van der Waals surface area contributed by atoms with Gasteiger partial charge in [-0.3, -0.25) is 9.69 Å². The number of carbonyl (C=O) groups excluding carboxylic acids is 1. The minimum absolute atomic E-state index is 0.00293. The van der Waals surface area contributed by atoms with E-state index in [-0.39, 0.29) is 11.4 Å². The summed E-state index contributed by atoms with van der Waals surface area (Å²) >= 11 is 0. The summed E-state index contributed by atoms with van der Waals surface area (Å²) in [6, 6.07) is 8.73. The lowest BCUT2D eigenvalue weighted by molar-refractivity contribution is -0.120. The van der Waals surface area contributed by atoms with E-state index in [1.54, 1.807) is 7.11 Å². The van der Waals surface area contributed by atoms with Crippen LogP contribution in [0.5, 0.6) is 5.75 Å². The molecular weight excluding hydrogens is 276 g/mol. The maximum Gasteiger partial charge on any atom is 0.220 e. The SMILES string of the molecule is CC[C@H]1N(Cc2cccc(OC)c2)CCC[C@]12CCC(=O)N2. The fourth-order valence-electron chi connectivity index (χ4n) is 4.29. The third kappa shape index (κ3) is 2.84. The Kier molecular flexibility index (Phi) is 4.39. The number of nitrogens with zero attached hydrogens (tertiary/aromatic N) is 1. The number of nitrogens with one attached hydrogen (secondary N) is 1. The van der Waals surface area contributed by atoms with Gasteiger partial charge in [-0.2, -0.15) is 0 Å². The van der Waals surface area contributed by atoms with Gasteiger partial charge in [-0.1, -0.05) is 19.1 Å². The van der Waals surface area contributed by atoms with Gasteiger partial charge in [-0.15, -0.1) is 0 Å². The Hall–Kier alpha value is -1.55. The Labute approximate surface area is 132 Å². The summed E-state index contributed by atoms with van der Waals surface area (Å²) in [7, 11) is 1.71. The van der Waals surface area contributed by atoms with Crippen molar-refractivity contribution in [3.05, 3.63) is 29.8 Å². The second kappa shape index (κ2) is 6.29. The zero-order valence-corrected chi connectivity index (χ0v) is 13.6. The first-order chi connectivity index (χ1) is 10.7. The summed E-state index contributed by atoms with van der Waals surface area (Å²) in [5.41, 5.74) is 1.28. The molecule has 1 aromatic carbocycles. The van der Waals surface area contributed by atoms with Gasteiger partial charge in [0.15, 0.2) is 0 Å². The largest absolute Gasteiger partial charge is 0.497 e. The normalized spacial score (nSPS) is 28.8. The van der Waals surface area contributed by atoms with Gasteiger partial charge in [-0.25, -0.2) is 0 Å². The summed E-state index contributed by atoms with van der Waals surface area (Å²) < 4.78 is 5.33. The van der Waals surface area contributed by atoms with Gasteiger partial charge in [-0.05, 0) is 49.9 Å². The molecule has 0 unspecified atom stereocenters. The van der Waals surface area contributed by atoms with Crippen molar-refractivity contribution in [1.29, 1.82) is 0 Å². The van der Waals surface area contributed by atoms with Crippen molar-refractivity contribution in [2.24, 2.45) is 0 Å². The topological polar surface area (TPSA) is 41.6 Å². The van der Waals surface area contributed by atoms with Crippen LogP contribution >= 0.6 is 0 Å². The van der Waals surface area contributed by atoms with Crippen molar-refractivity contribution in [1.82, 2.24) is 10.2 Å². The first kappa shape index (κ1) is 15.3. The number of benzene rings is 1. The number of likely N-dealkylation sites (tertiary alicyclic amines) is 1. The number of amides is 1. The molecule has 22 heavy (non-hydrogen) atoms. The van der Waals surface area contributed by atoms with Gasteiger partial charge in [0.2, 0.25) is 5.91 Å². The molecule has 0 aromatic heterocycles. The van der Waals surface area contributed by atoms with E-state index in [1.165, 1.54) is 5.56 Å². The van der Waals surface area contributed by atoms with Crippen LogP contribution in [0.25, 0.3) is 0 Å². The highest BCUT2D eigenvalue weighted by Crippen LogP contribution is 2.37. The van der Waals surface area contributed by atoms with Crippen molar-refractivity contribution in [2.75, 3.05) is 13.7 Å². The molecule has 0 radical (unpaired) electrons. The molecule has 4 nitrogen and oxygen atoms in total. The Morgan fingerprint density at radius 3 is 2.95 bits per heavy atom. The monoisotopic (exact) mass is 302 g/mol. The quantitative estimate of drug-likeness (QED) is 0.930. The second-order valence-electron chi connectivity index (χ2n) is 6.55. The molecule has 120 valence electrons. The second-order valence-corrected chi connectivity index (χ2v) is 6.55. The third-order valence-electron chi connectivity index (χ3n) is 5.24. The molecule has 2 heterocycles. The molecule has 1 N–H and O–H groups in total. The Bertz CT molecular complexity index is 546. The van der Waals surface area contributed by atoms with Gasteiger partial charge in [0.25, 0.3) is 0 Å². The Morgan fingerprint density at radius 1 is 1.41 bits per heavy atom. The fraction of sp³-hybridized carbons (Fsp3) is 0.611. The van der Waals surface area contributed by atoms with E-state index >= 15 is 0 Å². The lowest BCUT2D eigenvalue weighted by atomic mass is 9.78. The van der Waals surface area contributed by atoms with Crippen LogP contribution in [0.2, 0.25) is 0 Å². The molecule has 3 rings (SSSR count). The summed E-state index contributed by atoms with van der Waals surface area (Å²) in [6.45, 7) is 4.27. The molecule has 2 aliphatic rings. The Balaban J connectivity index is 1.78. The van der Waals surface area contributed by atoms with Crippen LogP contribution in [-0.4, -0.2) is 36.0 Å². The molecule has 1 amide bonds.